The smallest absolute Gasteiger partial charge is 0.217 e. The highest BCUT2D eigenvalue weighted by molar-refractivity contribution is 5.77. The maximum absolute atomic E-state index is 11.2. The molecule has 4 nitrogen and oxygen atoms in total. The number of nitrogens with two attached hydrogens (primary N) is 1. The number of phenolic OH excluding ortho intramolecular Hbond substituents is 2. The van der Waals surface area contributed by atoms with Crippen LogP contribution in [-0.2, 0) is 11.2 Å². The molecule has 0 fully saturated rings. The highest BCUT2D eigenvalue weighted by atomic mass is 16.3. The number of hydrogen-bond donors (Lipinski definition) is 3. The van der Waals surface area contributed by atoms with Gasteiger partial charge in [0.2, 0.25) is 5.91 Å². The van der Waals surface area contributed by atoms with Crippen molar-refractivity contribution < 1.29 is 15.0 Å². The van der Waals surface area contributed by atoms with Crippen LogP contribution in [0.4, 0.5) is 0 Å². The number of phenols is 2. The Labute approximate surface area is 146 Å². The molecule has 0 bridgehead atoms. The van der Waals surface area contributed by atoms with E-state index in [1.807, 2.05) is 48.5 Å². The molecule has 0 heterocycles. The number of rotatable bonds is 5. The summed E-state index contributed by atoms with van der Waals surface area (Å²) in [7, 11) is 0. The molecule has 0 atom stereocenters. The summed E-state index contributed by atoms with van der Waals surface area (Å²) in [5, 5.41) is 19.5. The molecule has 0 unspecified atom stereocenters. The van der Waals surface area contributed by atoms with Crippen LogP contribution in [0.2, 0.25) is 0 Å². The Balaban J connectivity index is 2.09. The average molecular weight is 333 g/mol. The maximum Gasteiger partial charge on any atom is 0.217 e. The van der Waals surface area contributed by atoms with Gasteiger partial charge in [0.1, 0.15) is 11.5 Å². The lowest BCUT2D eigenvalue weighted by Crippen LogP contribution is -2.11. The molecule has 0 saturated carbocycles. The van der Waals surface area contributed by atoms with Gasteiger partial charge in [-0.05, 0) is 46.4 Å². The zero-order valence-electron chi connectivity index (χ0n) is 13.6. The van der Waals surface area contributed by atoms with Crippen molar-refractivity contribution in [2.24, 2.45) is 5.73 Å². The van der Waals surface area contributed by atoms with E-state index in [1.165, 1.54) is 6.07 Å². The molecule has 0 radical (unpaired) electrons. The first-order chi connectivity index (χ1) is 12.0. The second-order valence-corrected chi connectivity index (χ2v) is 5.94. The number of carbonyl (C=O) groups excluding carboxylic acids is 1. The molecule has 0 aromatic heterocycles. The zero-order valence-corrected chi connectivity index (χ0v) is 13.6. The molecule has 0 aliphatic carbocycles. The second-order valence-electron chi connectivity index (χ2n) is 5.94. The van der Waals surface area contributed by atoms with Gasteiger partial charge in [-0.1, -0.05) is 48.5 Å². The van der Waals surface area contributed by atoms with Gasteiger partial charge in [-0.2, -0.15) is 0 Å². The normalized spacial score (nSPS) is 10.6. The third-order valence-electron chi connectivity index (χ3n) is 4.07. The predicted molar refractivity (Wildman–Crippen MR) is 98.2 cm³/mol. The molecule has 0 spiro atoms. The molecular weight excluding hydrogens is 314 g/mol. The number of aryl methyl sites for hydroxylation is 1. The van der Waals surface area contributed by atoms with Crippen molar-refractivity contribution >= 4 is 5.91 Å². The molecule has 3 rings (SSSR count). The molecule has 1 amide bonds. The van der Waals surface area contributed by atoms with E-state index < -0.39 is 0 Å². The van der Waals surface area contributed by atoms with E-state index in [1.54, 1.807) is 12.1 Å². The summed E-state index contributed by atoms with van der Waals surface area (Å²) in [6, 6.07) is 20.3. The molecule has 4 N–H and O–H groups in total. The third kappa shape index (κ3) is 3.98. The molecule has 0 aliphatic rings. The van der Waals surface area contributed by atoms with E-state index in [4.69, 9.17) is 5.73 Å². The molecule has 3 aromatic carbocycles. The van der Waals surface area contributed by atoms with Gasteiger partial charge in [-0.25, -0.2) is 0 Å². The van der Waals surface area contributed by atoms with Crippen LogP contribution in [0.3, 0.4) is 0 Å². The minimum atomic E-state index is -0.366. The highest BCUT2D eigenvalue weighted by Gasteiger charge is 2.11. The monoisotopic (exact) mass is 333 g/mol. The Morgan fingerprint density at radius 2 is 1.48 bits per heavy atom. The summed E-state index contributed by atoms with van der Waals surface area (Å²) in [6.45, 7) is 0. The number of aromatic hydroxyl groups is 2. The summed E-state index contributed by atoms with van der Waals surface area (Å²) in [5.41, 5.74) is 9.90. The van der Waals surface area contributed by atoms with Crippen molar-refractivity contribution in [3.05, 3.63) is 72.3 Å². The summed E-state index contributed by atoms with van der Waals surface area (Å²) in [4.78, 5) is 11.2. The largest absolute Gasteiger partial charge is 0.508 e. The first-order valence-electron chi connectivity index (χ1n) is 8.03. The molecule has 4 heteroatoms. The van der Waals surface area contributed by atoms with Crippen molar-refractivity contribution in [2.45, 2.75) is 12.8 Å². The van der Waals surface area contributed by atoms with E-state index in [-0.39, 0.29) is 23.8 Å². The minimum absolute atomic E-state index is 0.0111. The van der Waals surface area contributed by atoms with Gasteiger partial charge in [-0.3, -0.25) is 4.79 Å². The van der Waals surface area contributed by atoms with Gasteiger partial charge in [0.15, 0.2) is 0 Å². The zero-order chi connectivity index (χ0) is 17.8. The van der Waals surface area contributed by atoms with Crippen molar-refractivity contribution in [1.82, 2.24) is 0 Å². The number of carbonyl (C=O) groups is 1. The fraction of sp³-hybridized carbons (Fsp3) is 0.0952. The fourth-order valence-electron chi connectivity index (χ4n) is 2.90. The summed E-state index contributed by atoms with van der Waals surface area (Å²) < 4.78 is 0. The van der Waals surface area contributed by atoms with Gasteiger partial charge in [0.05, 0.1) is 0 Å². The second kappa shape index (κ2) is 7.09. The molecule has 0 aliphatic heterocycles. The number of primary amides is 1. The Hall–Kier alpha value is -3.27. The van der Waals surface area contributed by atoms with Crippen molar-refractivity contribution in [3.63, 3.8) is 0 Å². The lowest BCUT2D eigenvalue weighted by atomic mass is 9.92. The van der Waals surface area contributed by atoms with E-state index in [0.29, 0.717) is 12.0 Å². The van der Waals surface area contributed by atoms with Crippen LogP contribution < -0.4 is 5.73 Å². The van der Waals surface area contributed by atoms with Gasteiger partial charge < -0.3 is 15.9 Å². The topological polar surface area (TPSA) is 83.6 Å². The predicted octanol–water partition coefficient (Wildman–Crippen LogP) is 3.85. The van der Waals surface area contributed by atoms with Crippen molar-refractivity contribution in [2.75, 3.05) is 0 Å². The Kier molecular flexibility index (Phi) is 4.70. The Bertz CT molecular complexity index is 884. The molecular formula is C21H19NO3. The van der Waals surface area contributed by atoms with Crippen molar-refractivity contribution in [1.29, 1.82) is 0 Å². The lowest BCUT2D eigenvalue weighted by Gasteiger charge is -2.13. The molecule has 0 saturated heterocycles. The van der Waals surface area contributed by atoms with Crippen LogP contribution in [0.1, 0.15) is 12.0 Å². The minimum Gasteiger partial charge on any atom is -0.508 e. The van der Waals surface area contributed by atoms with Crippen LogP contribution in [-0.4, -0.2) is 16.1 Å². The van der Waals surface area contributed by atoms with E-state index in [2.05, 4.69) is 0 Å². The number of amides is 1. The quantitative estimate of drug-likeness (QED) is 0.663. The maximum atomic E-state index is 11.2. The fourth-order valence-corrected chi connectivity index (χ4v) is 2.90. The molecule has 3 aromatic rings. The Morgan fingerprint density at radius 3 is 2.12 bits per heavy atom. The summed E-state index contributed by atoms with van der Waals surface area (Å²) >= 11 is 0. The summed E-state index contributed by atoms with van der Waals surface area (Å²) in [5.74, 6) is -0.388. The lowest BCUT2D eigenvalue weighted by molar-refractivity contribution is -0.117. The first kappa shape index (κ1) is 16.6. The van der Waals surface area contributed by atoms with Gasteiger partial charge in [0, 0.05) is 12.5 Å². The Morgan fingerprint density at radius 1 is 0.800 bits per heavy atom. The third-order valence-corrected chi connectivity index (χ3v) is 4.07. The van der Waals surface area contributed by atoms with Crippen LogP contribution in [0.25, 0.3) is 22.3 Å². The summed E-state index contributed by atoms with van der Waals surface area (Å²) in [6.07, 6.45) is 0.720. The molecule has 126 valence electrons. The standard InChI is InChI=1S/C21H19NO3/c22-21(25)9-7-16-10-15(14-4-2-1-3-5-14)6-8-20(16)17-11-18(23)13-19(24)12-17/h1-6,8,10-13,23-24H,7,9H2,(H2,22,25). The number of hydrogen-bond acceptors (Lipinski definition) is 3. The number of benzene rings is 3. The van der Waals surface area contributed by atoms with Crippen LogP contribution in [0, 0.1) is 0 Å². The van der Waals surface area contributed by atoms with Crippen LogP contribution in [0.15, 0.2) is 66.7 Å². The van der Waals surface area contributed by atoms with Gasteiger partial charge >= 0.3 is 0 Å². The first-order valence-corrected chi connectivity index (χ1v) is 8.03. The average Bonchev–Trinajstić information content (AvgIpc) is 2.59. The molecule has 25 heavy (non-hydrogen) atoms. The van der Waals surface area contributed by atoms with E-state index in [0.717, 1.165) is 22.3 Å². The van der Waals surface area contributed by atoms with Crippen LogP contribution in [0.5, 0.6) is 11.5 Å². The van der Waals surface area contributed by atoms with E-state index in [9.17, 15) is 15.0 Å². The van der Waals surface area contributed by atoms with Crippen molar-refractivity contribution in [3.8, 4) is 33.8 Å². The van der Waals surface area contributed by atoms with Gasteiger partial charge in [0.25, 0.3) is 0 Å². The highest BCUT2D eigenvalue weighted by Crippen LogP contribution is 2.33. The van der Waals surface area contributed by atoms with E-state index >= 15 is 0 Å². The van der Waals surface area contributed by atoms with Gasteiger partial charge in [-0.15, -0.1) is 0 Å². The van der Waals surface area contributed by atoms with Crippen LogP contribution >= 0.6 is 0 Å². The SMILES string of the molecule is NC(=O)CCc1cc(-c2ccccc2)ccc1-c1cc(O)cc(O)c1.